The molecule has 9 rings (SSSR count). The summed E-state index contributed by atoms with van der Waals surface area (Å²) < 4.78 is 2.56. The minimum Gasteiger partial charge on any atom is -0.308 e. The van der Waals surface area contributed by atoms with E-state index in [1.165, 1.54) is 82.4 Å². The summed E-state index contributed by atoms with van der Waals surface area (Å²) in [6.07, 6.45) is 0. The first-order chi connectivity index (χ1) is 20.6. The van der Waals surface area contributed by atoms with Crippen LogP contribution in [0.25, 0.3) is 71.3 Å². The van der Waals surface area contributed by atoms with Crippen LogP contribution in [0.15, 0.2) is 140 Å². The molecule has 1 aliphatic rings. The predicted octanol–water partition coefficient (Wildman–Crippen LogP) is 11.1. The molecule has 1 heteroatoms. The topological polar surface area (TPSA) is 4.93 Å². The maximum atomic E-state index is 2.56. The summed E-state index contributed by atoms with van der Waals surface area (Å²) in [5, 5.41) is 7.86. The van der Waals surface area contributed by atoms with E-state index in [4.69, 9.17) is 0 Å². The second kappa shape index (κ2) is 8.44. The zero-order valence-corrected chi connectivity index (χ0v) is 23.7. The molecular formula is C41H29N. The number of para-hydroxylation sites is 1. The van der Waals surface area contributed by atoms with Crippen molar-refractivity contribution in [3.8, 4) is 27.9 Å². The van der Waals surface area contributed by atoms with Crippen LogP contribution in [0.1, 0.15) is 25.0 Å². The van der Waals surface area contributed by atoms with E-state index in [0.29, 0.717) is 0 Å². The Morgan fingerprint density at radius 2 is 1.19 bits per heavy atom. The number of hydrogen-bond donors (Lipinski definition) is 0. The molecule has 0 fully saturated rings. The fourth-order valence-corrected chi connectivity index (χ4v) is 7.67. The van der Waals surface area contributed by atoms with E-state index in [1.54, 1.807) is 0 Å². The van der Waals surface area contributed by atoms with E-state index in [9.17, 15) is 0 Å². The first kappa shape index (κ1) is 23.6. The largest absolute Gasteiger partial charge is 0.308 e. The molecular weight excluding hydrogens is 506 g/mol. The van der Waals surface area contributed by atoms with E-state index in [1.807, 2.05) is 0 Å². The fraction of sp³-hybridized carbons (Fsp3) is 0.0732. The Bertz CT molecular complexity index is 2370. The van der Waals surface area contributed by atoms with Crippen LogP contribution in [0.2, 0.25) is 0 Å². The molecule has 0 bridgehead atoms. The number of nitrogens with zero attached hydrogens (tertiary/aromatic N) is 1. The Morgan fingerprint density at radius 3 is 2.07 bits per heavy atom. The van der Waals surface area contributed by atoms with Gasteiger partial charge in [0.05, 0.1) is 16.7 Å². The predicted molar refractivity (Wildman–Crippen MR) is 179 cm³/mol. The lowest BCUT2D eigenvalue weighted by Crippen LogP contribution is -2.23. The van der Waals surface area contributed by atoms with E-state index >= 15 is 0 Å². The van der Waals surface area contributed by atoms with E-state index in [0.717, 1.165) is 0 Å². The minimum atomic E-state index is -0.0950. The van der Waals surface area contributed by atoms with Crippen molar-refractivity contribution in [2.24, 2.45) is 0 Å². The van der Waals surface area contributed by atoms with Crippen LogP contribution in [0.4, 0.5) is 0 Å². The van der Waals surface area contributed by atoms with Gasteiger partial charge in [0.25, 0.3) is 0 Å². The molecule has 0 atom stereocenters. The number of benzene rings is 7. The Balaban J connectivity index is 1.59. The van der Waals surface area contributed by atoms with E-state index in [2.05, 4.69) is 158 Å². The van der Waals surface area contributed by atoms with Gasteiger partial charge in [0.2, 0.25) is 0 Å². The van der Waals surface area contributed by atoms with Gasteiger partial charge < -0.3 is 4.57 Å². The Morgan fingerprint density at radius 1 is 0.500 bits per heavy atom. The quantitative estimate of drug-likeness (QED) is 0.207. The van der Waals surface area contributed by atoms with Crippen LogP contribution in [-0.4, -0.2) is 4.57 Å². The smallest absolute Gasteiger partial charge is 0.0626 e. The third-order valence-electron chi connectivity index (χ3n) is 9.55. The normalized spacial score (nSPS) is 13.7. The van der Waals surface area contributed by atoms with Crippen molar-refractivity contribution in [2.45, 2.75) is 19.3 Å². The van der Waals surface area contributed by atoms with Gasteiger partial charge in [-0.05, 0) is 62.0 Å². The molecule has 1 aliphatic carbocycles. The summed E-state index contributed by atoms with van der Waals surface area (Å²) in [5.74, 6) is 0. The van der Waals surface area contributed by atoms with Crippen molar-refractivity contribution in [1.82, 2.24) is 4.57 Å². The molecule has 1 aromatic heterocycles. The van der Waals surface area contributed by atoms with E-state index < -0.39 is 0 Å². The second-order valence-corrected chi connectivity index (χ2v) is 12.1. The summed E-state index contributed by atoms with van der Waals surface area (Å²) in [7, 11) is 0. The summed E-state index contributed by atoms with van der Waals surface area (Å²) in [5.41, 5.74) is 11.5. The standard InChI is InChI=1S/C41H29N/c1-41(2)33-20-10-8-19-31(33)39-37-28(16-12-21-34(37)41)25-32-38-30-18-7-6-15-27(30)23-24-36(38)42(40(32)39)35-22-11-9-17-29(35)26-13-4-3-5-14-26/h3-25H,1-2H3. The average Bonchev–Trinajstić information content (AvgIpc) is 3.37. The molecule has 0 unspecified atom stereocenters. The van der Waals surface area contributed by atoms with Crippen molar-refractivity contribution < 1.29 is 0 Å². The zero-order valence-electron chi connectivity index (χ0n) is 23.7. The van der Waals surface area contributed by atoms with Crippen molar-refractivity contribution in [3.05, 3.63) is 151 Å². The lowest BCUT2D eigenvalue weighted by molar-refractivity contribution is 0.645. The number of aromatic nitrogens is 1. The van der Waals surface area contributed by atoms with Gasteiger partial charge in [-0.15, -0.1) is 0 Å². The Hall–Kier alpha value is -5.14. The molecule has 8 aromatic rings. The van der Waals surface area contributed by atoms with Crippen LogP contribution in [0, 0.1) is 0 Å². The van der Waals surface area contributed by atoms with Gasteiger partial charge in [-0.25, -0.2) is 0 Å². The van der Waals surface area contributed by atoms with Gasteiger partial charge in [0.1, 0.15) is 0 Å². The summed E-state index contributed by atoms with van der Waals surface area (Å²) >= 11 is 0. The van der Waals surface area contributed by atoms with Crippen LogP contribution in [-0.2, 0) is 5.41 Å². The minimum absolute atomic E-state index is 0.0950. The highest BCUT2D eigenvalue weighted by molar-refractivity contribution is 6.28. The first-order valence-corrected chi connectivity index (χ1v) is 14.8. The van der Waals surface area contributed by atoms with Gasteiger partial charge in [-0.1, -0.05) is 135 Å². The van der Waals surface area contributed by atoms with Crippen LogP contribution in [0.3, 0.4) is 0 Å². The number of fused-ring (bicyclic) bond motifs is 8. The third-order valence-corrected chi connectivity index (χ3v) is 9.55. The average molecular weight is 536 g/mol. The summed E-state index contributed by atoms with van der Waals surface area (Å²) in [6.45, 7) is 4.75. The number of rotatable bonds is 2. The van der Waals surface area contributed by atoms with Gasteiger partial charge in [0.15, 0.2) is 0 Å². The molecule has 1 heterocycles. The number of hydrogen-bond acceptors (Lipinski definition) is 0. The highest BCUT2D eigenvalue weighted by Crippen LogP contribution is 2.53. The molecule has 0 radical (unpaired) electrons. The monoisotopic (exact) mass is 535 g/mol. The van der Waals surface area contributed by atoms with Gasteiger partial charge >= 0.3 is 0 Å². The Kier molecular flexibility index (Phi) is 4.73. The second-order valence-electron chi connectivity index (χ2n) is 12.1. The molecule has 0 spiro atoms. The SMILES string of the molecule is CC1(C)c2ccccc2-c2c3c1cccc3cc1c3c4ccccc4ccc3n(-c3ccccc3-c3ccccc3)c21. The van der Waals surface area contributed by atoms with Crippen molar-refractivity contribution in [1.29, 1.82) is 0 Å². The first-order valence-electron chi connectivity index (χ1n) is 14.8. The molecule has 0 saturated carbocycles. The Labute approximate surface area is 245 Å². The molecule has 0 amide bonds. The highest BCUT2D eigenvalue weighted by atomic mass is 15.0. The highest BCUT2D eigenvalue weighted by Gasteiger charge is 2.35. The fourth-order valence-electron chi connectivity index (χ4n) is 7.67. The molecule has 42 heavy (non-hydrogen) atoms. The van der Waals surface area contributed by atoms with Crippen LogP contribution >= 0.6 is 0 Å². The van der Waals surface area contributed by atoms with Crippen LogP contribution < -0.4 is 0 Å². The zero-order chi connectivity index (χ0) is 28.0. The van der Waals surface area contributed by atoms with Gasteiger partial charge in [-0.2, -0.15) is 0 Å². The molecule has 1 nitrogen and oxygen atoms in total. The lowest BCUT2D eigenvalue weighted by atomic mass is 9.68. The molecule has 198 valence electrons. The van der Waals surface area contributed by atoms with Crippen molar-refractivity contribution in [3.63, 3.8) is 0 Å². The maximum absolute atomic E-state index is 2.56. The van der Waals surface area contributed by atoms with Crippen molar-refractivity contribution >= 4 is 43.4 Å². The molecule has 0 aliphatic heterocycles. The third kappa shape index (κ3) is 3.03. The summed E-state index contributed by atoms with van der Waals surface area (Å²) in [6, 6.07) is 51.5. The lowest BCUT2D eigenvalue weighted by Gasteiger charge is -2.35. The van der Waals surface area contributed by atoms with Crippen LogP contribution in [0.5, 0.6) is 0 Å². The van der Waals surface area contributed by atoms with Crippen molar-refractivity contribution in [2.75, 3.05) is 0 Å². The summed E-state index contributed by atoms with van der Waals surface area (Å²) in [4.78, 5) is 0. The molecule has 0 saturated heterocycles. The van der Waals surface area contributed by atoms with Gasteiger partial charge in [-0.3, -0.25) is 0 Å². The van der Waals surface area contributed by atoms with E-state index in [-0.39, 0.29) is 5.41 Å². The molecule has 7 aromatic carbocycles. The maximum Gasteiger partial charge on any atom is 0.0626 e. The van der Waals surface area contributed by atoms with Gasteiger partial charge in [0, 0.05) is 27.3 Å². The molecule has 0 N–H and O–H groups in total.